The Morgan fingerprint density at radius 3 is 2.73 bits per heavy atom. The predicted molar refractivity (Wildman–Crippen MR) is 40.2 cm³/mol. The highest BCUT2D eigenvalue weighted by Gasteiger charge is 2.34. The highest BCUT2D eigenvalue weighted by molar-refractivity contribution is 5.54. The van der Waals surface area contributed by atoms with Crippen molar-refractivity contribution in [3.05, 3.63) is 0 Å². The zero-order valence-corrected chi connectivity index (χ0v) is 6.91. The summed E-state index contributed by atoms with van der Waals surface area (Å²) in [5, 5.41) is 9.39. The molecule has 1 rings (SSSR count). The van der Waals surface area contributed by atoms with Gasteiger partial charge in [0.15, 0.2) is 0 Å². The fourth-order valence-corrected chi connectivity index (χ4v) is 1.28. The van der Waals surface area contributed by atoms with Gasteiger partial charge in [-0.05, 0) is 13.8 Å². The molecule has 0 spiro atoms. The zero-order valence-electron chi connectivity index (χ0n) is 6.91. The van der Waals surface area contributed by atoms with Crippen LogP contribution >= 0.6 is 0 Å². The van der Waals surface area contributed by atoms with Gasteiger partial charge in [-0.2, -0.15) is 0 Å². The van der Waals surface area contributed by atoms with Crippen LogP contribution in [0.2, 0.25) is 0 Å². The molecule has 3 heteroatoms. The summed E-state index contributed by atoms with van der Waals surface area (Å²) in [7, 11) is 0. The summed E-state index contributed by atoms with van der Waals surface area (Å²) in [6, 6.07) is 0. The fourth-order valence-electron chi connectivity index (χ4n) is 1.28. The smallest absolute Gasteiger partial charge is 0.127 e. The van der Waals surface area contributed by atoms with Crippen molar-refractivity contribution < 1.29 is 14.6 Å². The quantitative estimate of drug-likeness (QED) is 0.560. The molecule has 1 heterocycles. The van der Waals surface area contributed by atoms with Crippen LogP contribution in [-0.4, -0.2) is 29.7 Å². The minimum Gasteiger partial charge on any atom is -0.392 e. The van der Waals surface area contributed by atoms with Crippen molar-refractivity contribution in [2.45, 2.75) is 32.0 Å². The molecule has 0 aromatic heterocycles. The molecule has 1 saturated heterocycles. The van der Waals surface area contributed by atoms with Gasteiger partial charge in [0.2, 0.25) is 0 Å². The van der Waals surface area contributed by atoms with Crippen LogP contribution in [0.25, 0.3) is 0 Å². The van der Waals surface area contributed by atoms with Crippen molar-refractivity contribution in [2.24, 2.45) is 5.92 Å². The lowest BCUT2D eigenvalue weighted by Gasteiger charge is -2.36. The Labute approximate surface area is 66.4 Å². The van der Waals surface area contributed by atoms with Crippen molar-refractivity contribution in [3.63, 3.8) is 0 Å². The summed E-state index contributed by atoms with van der Waals surface area (Å²) >= 11 is 0. The molecule has 0 amide bonds. The number of aldehydes is 1. The second-order valence-corrected chi connectivity index (χ2v) is 3.64. The van der Waals surface area contributed by atoms with Gasteiger partial charge in [-0.1, -0.05) is 0 Å². The number of rotatable bonds is 1. The lowest BCUT2D eigenvalue weighted by molar-refractivity contribution is -0.143. The number of hydrogen-bond donors (Lipinski definition) is 1. The molecule has 2 atom stereocenters. The second-order valence-electron chi connectivity index (χ2n) is 3.64. The summed E-state index contributed by atoms with van der Waals surface area (Å²) in [6.07, 6.45) is 0.771. The first-order valence-electron chi connectivity index (χ1n) is 3.82. The monoisotopic (exact) mass is 158 g/mol. The molecule has 0 bridgehead atoms. The maximum absolute atomic E-state index is 10.3. The molecular weight excluding hydrogens is 144 g/mol. The molecule has 0 aliphatic carbocycles. The third-order valence-electron chi connectivity index (χ3n) is 2.04. The first-order chi connectivity index (χ1) is 5.05. The molecule has 1 N–H and O–H groups in total. The molecule has 0 aromatic rings. The molecule has 3 nitrogen and oxygen atoms in total. The van der Waals surface area contributed by atoms with Crippen molar-refractivity contribution in [3.8, 4) is 0 Å². The Morgan fingerprint density at radius 1 is 1.64 bits per heavy atom. The fraction of sp³-hybridized carbons (Fsp3) is 0.875. The molecule has 0 saturated carbocycles. The van der Waals surface area contributed by atoms with Crippen LogP contribution < -0.4 is 0 Å². The van der Waals surface area contributed by atoms with E-state index in [2.05, 4.69) is 0 Å². The molecule has 0 unspecified atom stereocenters. The van der Waals surface area contributed by atoms with Gasteiger partial charge in [0.25, 0.3) is 0 Å². The third-order valence-corrected chi connectivity index (χ3v) is 2.04. The molecule has 1 aliphatic rings. The van der Waals surface area contributed by atoms with Gasteiger partial charge in [-0.3, -0.25) is 0 Å². The van der Waals surface area contributed by atoms with E-state index >= 15 is 0 Å². The predicted octanol–water partition coefficient (Wildman–Crippen LogP) is 0.361. The molecule has 1 aliphatic heterocycles. The van der Waals surface area contributed by atoms with Crippen LogP contribution in [0.4, 0.5) is 0 Å². The average molecular weight is 158 g/mol. The van der Waals surface area contributed by atoms with Gasteiger partial charge in [0.05, 0.1) is 24.2 Å². The Balaban J connectivity index is 2.54. The van der Waals surface area contributed by atoms with E-state index in [9.17, 15) is 9.90 Å². The number of hydrogen-bond acceptors (Lipinski definition) is 3. The number of carbonyl (C=O) groups is 1. The highest BCUT2D eigenvalue weighted by Crippen LogP contribution is 2.26. The van der Waals surface area contributed by atoms with Crippen molar-refractivity contribution >= 4 is 6.29 Å². The minimum atomic E-state index is -0.531. The Morgan fingerprint density at radius 2 is 2.27 bits per heavy atom. The zero-order chi connectivity index (χ0) is 8.48. The summed E-state index contributed by atoms with van der Waals surface area (Å²) in [6.45, 7) is 4.17. The van der Waals surface area contributed by atoms with Gasteiger partial charge in [0.1, 0.15) is 6.29 Å². The standard InChI is InChI=1S/C8H14O3/c1-8(2)3-7(10)6(4-9)5-11-8/h4,6-7,10H,3,5H2,1-2H3/t6-,7-/m1/s1. The number of ether oxygens (including phenoxy) is 1. The number of carbonyl (C=O) groups excluding carboxylic acids is 1. The maximum atomic E-state index is 10.3. The Kier molecular flexibility index (Phi) is 2.30. The van der Waals surface area contributed by atoms with Crippen LogP contribution in [0, 0.1) is 5.92 Å². The van der Waals surface area contributed by atoms with Gasteiger partial charge < -0.3 is 14.6 Å². The highest BCUT2D eigenvalue weighted by atomic mass is 16.5. The molecule has 11 heavy (non-hydrogen) atoms. The van der Waals surface area contributed by atoms with E-state index in [4.69, 9.17) is 4.74 Å². The Hall–Kier alpha value is -0.410. The Bertz CT molecular complexity index is 153. The molecule has 64 valence electrons. The summed E-state index contributed by atoms with van der Waals surface area (Å²) in [5.74, 6) is -0.331. The van der Waals surface area contributed by atoms with Crippen molar-refractivity contribution in [1.82, 2.24) is 0 Å². The van der Waals surface area contributed by atoms with E-state index in [0.29, 0.717) is 13.0 Å². The van der Waals surface area contributed by atoms with Crippen LogP contribution in [0.15, 0.2) is 0 Å². The van der Waals surface area contributed by atoms with Crippen molar-refractivity contribution in [1.29, 1.82) is 0 Å². The van der Waals surface area contributed by atoms with Crippen LogP contribution in [0.3, 0.4) is 0 Å². The summed E-state index contributed by atoms with van der Waals surface area (Å²) in [5.41, 5.74) is -0.279. The van der Waals surface area contributed by atoms with Crippen molar-refractivity contribution in [2.75, 3.05) is 6.61 Å². The van der Waals surface area contributed by atoms with E-state index in [1.807, 2.05) is 13.8 Å². The second kappa shape index (κ2) is 2.91. The first-order valence-corrected chi connectivity index (χ1v) is 3.82. The van der Waals surface area contributed by atoms with Crippen LogP contribution in [0.5, 0.6) is 0 Å². The van der Waals surface area contributed by atoms with E-state index in [0.717, 1.165) is 6.29 Å². The van der Waals surface area contributed by atoms with E-state index in [1.165, 1.54) is 0 Å². The number of aliphatic hydroxyl groups is 1. The third kappa shape index (κ3) is 2.01. The normalized spacial score (nSPS) is 36.6. The largest absolute Gasteiger partial charge is 0.392 e. The molecule has 0 aromatic carbocycles. The molecule has 1 fully saturated rings. The van der Waals surface area contributed by atoms with Gasteiger partial charge >= 0.3 is 0 Å². The van der Waals surface area contributed by atoms with Gasteiger partial charge in [-0.25, -0.2) is 0 Å². The lowest BCUT2D eigenvalue weighted by atomic mass is 9.90. The number of aliphatic hydroxyl groups excluding tert-OH is 1. The molecular formula is C8H14O3. The van der Waals surface area contributed by atoms with E-state index < -0.39 is 6.10 Å². The van der Waals surface area contributed by atoms with E-state index in [1.54, 1.807) is 0 Å². The van der Waals surface area contributed by atoms with E-state index in [-0.39, 0.29) is 11.5 Å². The summed E-state index contributed by atoms with van der Waals surface area (Å²) < 4.78 is 5.35. The maximum Gasteiger partial charge on any atom is 0.127 e. The molecule has 0 radical (unpaired) electrons. The minimum absolute atomic E-state index is 0.279. The lowest BCUT2D eigenvalue weighted by Crippen LogP contribution is -2.43. The van der Waals surface area contributed by atoms with Gasteiger partial charge in [-0.15, -0.1) is 0 Å². The SMILES string of the molecule is CC1(C)C[C@@H](O)[C@H](C=O)CO1. The van der Waals surface area contributed by atoms with Crippen LogP contribution in [-0.2, 0) is 9.53 Å². The first kappa shape index (κ1) is 8.68. The topological polar surface area (TPSA) is 46.5 Å². The average Bonchev–Trinajstić information content (AvgIpc) is 1.86. The van der Waals surface area contributed by atoms with Gasteiger partial charge in [0, 0.05) is 6.42 Å². The summed E-state index contributed by atoms with van der Waals surface area (Å²) in [4.78, 5) is 10.3. The van der Waals surface area contributed by atoms with Crippen LogP contribution in [0.1, 0.15) is 20.3 Å².